The van der Waals surface area contributed by atoms with E-state index in [0.717, 1.165) is 25.7 Å². The first-order chi connectivity index (χ1) is 8.69. The number of carbonyl (C=O) groups excluding carboxylic acids is 1. The molecule has 18 heavy (non-hydrogen) atoms. The van der Waals surface area contributed by atoms with Crippen LogP contribution in [0.25, 0.3) is 0 Å². The Labute approximate surface area is 107 Å². The quantitative estimate of drug-likeness (QED) is 0.887. The summed E-state index contributed by atoms with van der Waals surface area (Å²) in [7, 11) is 1.58. The van der Waals surface area contributed by atoms with Crippen molar-refractivity contribution in [3.8, 4) is 11.8 Å². The van der Waals surface area contributed by atoms with Crippen molar-refractivity contribution in [2.75, 3.05) is 7.11 Å². The number of carbonyl (C=O) groups is 1. The lowest BCUT2D eigenvalue weighted by Crippen LogP contribution is -2.45. The van der Waals surface area contributed by atoms with E-state index in [2.05, 4.69) is 11.4 Å². The number of hydrogen-bond acceptors (Lipinski definition) is 3. The number of nitrogens with one attached hydrogen (secondary N) is 1. The molecule has 2 rings (SSSR count). The summed E-state index contributed by atoms with van der Waals surface area (Å²) in [6.07, 6.45) is 3.48. The first-order valence-electron chi connectivity index (χ1n) is 6.07. The minimum Gasteiger partial charge on any atom is -0.497 e. The maximum absolute atomic E-state index is 12.1. The van der Waals surface area contributed by atoms with Gasteiger partial charge in [0.05, 0.1) is 13.2 Å². The van der Waals surface area contributed by atoms with Crippen LogP contribution in [0.15, 0.2) is 24.3 Å². The molecule has 0 atom stereocenters. The molecule has 0 radical (unpaired) electrons. The topological polar surface area (TPSA) is 62.1 Å². The summed E-state index contributed by atoms with van der Waals surface area (Å²) in [6, 6.07) is 9.13. The Morgan fingerprint density at radius 3 is 2.44 bits per heavy atom. The van der Waals surface area contributed by atoms with Crippen LogP contribution in [0.3, 0.4) is 0 Å². The normalized spacial score (nSPS) is 16.9. The van der Waals surface area contributed by atoms with E-state index in [-0.39, 0.29) is 5.91 Å². The highest BCUT2D eigenvalue weighted by molar-refractivity contribution is 5.95. The second-order valence-electron chi connectivity index (χ2n) is 4.58. The van der Waals surface area contributed by atoms with Crippen LogP contribution >= 0.6 is 0 Å². The third-order valence-corrected chi connectivity index (χ3v) is 3.38. The fourth-order valence-corrected chi connectivity index (χ4v) is 2.28. The second kappa shape index (κ2) is 5.09. The van der Waals surface area contributed by atoms with Gasteiger partial charge in [-0.3, -0.25) is 4.79 Å². The molecule has 1 aromatic carbocycles. The van der Waals surface area contributed by atoms with Crippen molar-refractivity contribution in [1.82, 2.24) is 5.32 Å². The van der Waals surface area contributed by atoms with Crippen molar-refractivity contribution in [2.24, 2.45) is 0 Å². The molecule has 1 fully saturated rings. The Hall–Kier alpha value is -2.02. The maximum atomic E-state index is 12.1. The third kappa shape index (κ3) is 2.45. The number of benzene rings is 1. The lowest BCUT2D eigenvalue weighted by Gasteiger charge is -2.21. The Morgan fingerprint density at radius 2 is 1.94 bits per heavy atom. The molecule has 0 saturated heterocycles. The van der Waals surface area contributed by atoms with E-state index in [9.17, 15) is 10.1 Å². The molecule has 1 aromatic rings. The molecule has 0 aliphatic heterocycles. The fraction of sp³-hybridized carbons (Fsp3) is 0.429. The van der Waals surface area contributed by atoms with E-state index in [1.54, 1.807) is 31.4 Å². The van der Waals surface area contributed by atoms with Gasteiger partial charge in [-0.25, -0.2) is 0 Å². The fourth-order valence-electron chi connectivity index (χ4n) is 2.28. The molecular weight excluding hydrogens is 228 g/mol. The molecule has 0 spiro atoms. The number of hydrogen-bond donors (Lipinski definition) is 1. The Bertz CT molecular complexity index is 468. The summed E-state index contributed by atoms with van der Waals surface area (Å²) < 4.78 is 5.04. The summed E-state index contributed by atoms with van der Waals surface area (Å²) in [5, 5.41) is 12.1. The van der Waals surface area contributed by atoms with Gasteiger partial charge in [-0.1, -0.05) is 0 Å². The predicted octanol–water partition coefficient (Wildman–Crippen LogP) is 2.26. The molecule has 1 aliphatic rings. The van der Waals surface area contributed by atoms with Crippen LogP contribution in [-0.4, -0.2) is 18.6 Å². The molecule has 0 unspecified atom stereocenters. The third-order valence-electron chi connectivity index (χ3n) is 3.38. The first-order valence-corrected chi connectivity index (χ1v) is 6.07. The van der Waals surface area contributed by atoms with E-state index in [1.807, 2.05) is 0 Å². The van der Waals surface area contributed by atoms with E-state index < -0.39 is 5.54 Å². The van der Waals surface area contributed by atoms with Crippen LogP contribution in [0.5, 0.6) is 5.75 Å². The number of nitriles is 1. The van der Waals surface area contributed by atoms with Gasteiger partial charge < -0.3 is 10.1 Å². The smallest absolute Gasteiger partial charge is 0.252 e. The number of amides is 1. The van der Waals surface area contributed by atoms with Gasteiger partial charge in [0.15, 0.2) is 0 Å². The molecule has 94 valence electrons. The van der Waals surface area contributed by atoms with E-state index in [1.165, 1.54) is 0 Å². The van der Waals surface area contributed by atoms with Crippen molar-refractivity contribution >= 4 is 5.91 Å². The minimum absolute atomic E-state index is 0.193. The molecule has 0 heterocycles. The van der Waals surface area contributed by atoms with E-state index in [0.29, 0.717) is 11.3 Å². The number of nitrogens with zero attached hydrogens (tertiary/aromatic N) is 1. The Balaban J connectivity index is 2.09. The highest BCUT2D eigenvalue weighted by Gasteiger charge is 2.35. The molecule has 0 bridgehead atoms. The number of ether oxygens (including phenoxy) is 1. The van der Waals surface area contributed by atoms with Gasteiger partial charge in [-0.15, -0.1) is 0 Å². The van der Waals surface area contributed by atoms with Crippen molar-refractivity contribution in [2.45, 2.75) is 31.2 Å². The summed E-state index contributed by atoms with van der Waals surface area (Å²) >= 11 is 0. The van der Waals surface area contributed by atoms with Crippen molar-refractivity contribution < 1.29 is 9.53 Å². The van der Waals surface area contributed by atoms with Gasteiger partial charge >= 0.3 is 0 Å². The van der Waals surface area contributed by atoms with E-state index in [4.69, 9.17) is 4.74 Å². The summed E-state index contributed by atoms with van der Waals surface area (Å²) in [5.41, 5.74) is -0.117. The Morgan fingerprint density at radius 1 is 1.33 bits per heavy atom. The van der Waals surface area contributed by atoms with Gasteiger partial charge in [0.25, 0.3) is 5.91 Å². The van der Waals surface area contributed by atoms with Crippen LogP contribution in [0.4, 0.5) is 0 Å². The standard InChI is InChI=1S/C14H16N2O2/c1-18-12-6-4-11(5-7-12)13(17)16-14(10-15)8-2-3-9-14/h4-7H,2-3,8-9H2,1H3,(H,16,17). The van der Waals surface area contributed by atoms with Gasteiger partial charge in [0.1, 0.15) is 11.3 Å². The van der Waals surface area contributed by atoms with Crippen molar-refractivity contribution in [3.63, 3.8) is 0 Å². The van der Waals surface area contributed by atoms with Gasteiger partial charge in [-0.05, 0) is 49.9 Å². The predicted molar refractivity (Wildman–Crippen MR) is 67.3 cm³/mol. The number of rotatable bonds is 3. The molecule has 1 saturated carbocycles. The zero-order chi connectivity index (χ0) is 13.0. The molecule has 4 heteroatoms. The molecule has 1 aliphatic carbocycles. The zero-order valence-corrected chi connectivity index (χ0v) is 10.4. The van der Waals surface area contributed by atoms with Gasteiger partial charge in [0, 0.05) is 5.56 Å². The van der Waals surface area contributed by atoms with Crippen LogP contribution in [0.2, 0.25) is 0 Å². The van der Waals surface area contributed by atoms with Gasteiger partial charge in [0.2, 0.25) is 0 Å². The van der Waals surface area contributed by atoms with Crippen molar-refractivity contribution in [1.29, 1.82) is 5.26 Å². The Kier molecular flexibility index (Phi) is 3.52. The lowest BCUT2D eigenvalue weighted by molar-refractivity contribution is 0.0920. The van der Waals surface area contributed by atoms with Crippen LogP contribution < -0.4 is 10.1 Å². The van der Waals surface area contributed by atoms with E-state index >= 15 is 0 Å². The molecule has 1 amide bonds. The monoisotopic (exact) mass is 244 g/mol. The maximum Gasteiger partial charge on any atom is 0.252 e. The largest absolute Gasteiger partial charge is 0.497 e. The summed E-state index contributed by atoms with van der Waals surface area (Å²) in [4.78, 5) is 12.1. The highest BCUT2D eigenvalue weighted by Crippen LogP contribution is 2.29. The summed E-state index contributed by atoms with van der Waals surface area (Å²) in [6.45, 7) is 0. The van der Waals surface area contributed by atoms with Crippen LogP contribution in [0, 0.1) is 11.3 Å². The SMILES string of the molecule is COc1ccc(C(=O)NC2(C#N)CCCC2)cc1. The van der Waals surface area contributed by atoms with Crippen molar-refractivity contribution in [3.05, 3.63) is 29.8 Å². The van der Waals surface area contributed by atoms with Gasteiger partial charge in [-0.2, -0.15) is 5.26 Å². The lowest BCUT2D eigenvalue weighted by atomic mass is 9.99. The molecule has 1 N–H and O–H groups in total. The molecular formula is C14H16N2O2. The van der Waals surface area contributed by atoms with Crippen LogP contribution in [-0.2, 0) is 0 Å². The van der Waals surface area contributed by atoms with Crippen LogP contribution in [0.1, 0.15) is 36.0 Å². The zero-order valence-electron chi connectivity index (χ0n) is 10.4. The average Bonchev–Trinajstić information content (AvgIpc) is 2.88. The summed E-state index contributed by atoms with van der Waals surface area (Å²) in [5.74, 6) is 0.517. The number of methoxy groups -OCH3 is 1. The minimum atomic E-state index is -0.670. The average molecular weight is 244 g/mol. The molecule has 4 nitrogen and oxygen atoms in total. The second-order valence-corrected chi connectivity index (χ2v) is 4.58. The molecule has 0 aromatic heterocycles. The first kappa shape index (κ1) is 12.4. The highest BCUT2D eigenvalue weighted by atomic mass is 16.5.